The topological polar surface area (TPSA) is 82.1 Å². The molecular formula is C17H14O6. The second kappa shape index (κ2) is 5.31. The van der Waals surface area contributed by atoms with Crippen LogP contribution >= 0.6 is 0 Å². The first kappa shape index (κ1) is 14.9. The van der Waals surface area contributed by atoms with Crippen molar-refractivity contribution >= 4 is 11.6 Å². The normalized spacial score (nSPS) is 12.5. The first-order valence-corrected chi connectivity index (χ1v) is 6.78. The Labute approximate surface area is 132 Å². The maximum atomic E-state index is 12.8. The average Bonchev–Trinajstić information content (AvgIpc) is 2.58. The summed E-state index contributed by atoms with van der Waals surface area (Å²) in [7, 11) is 4.23. The van der Waals surface area contributed by atoms with Crippen molar-refractivity contribution < 1.29 is 28.9 Å². The van der Waals surface area contributed by atoms with Gasteiger partial charge in [-0.15, -0.1) is 0 Å². The molecular weight excluding hydrogens is 300 g/mol. The maximum Gasteiger partial charge on any atom is 0.198 e. The fraction of sp³-hybridized carbons (Fsp3) is 0.176. The fourth-order valence-corrected chi connectivity index (χ4v) is 2.71. The standard InChI is InChI=1S/C17H14O6/c1-21-8-6-10-13(12(7-8)23-3)15(18)9-4-5-11(22-2)17(20)14(9)16(10)19/h4-7,20H,1-3H3. The van der Waals surface area contributed by atoms with Gasteiger partial charge in [0, 0.05) is 17.2 Å². The second-order valence-corrected chi connectivity index (χ2v) is 4.95. The summed E-state index contributed by atoms with van der Waals surface area (Å²) in [6.07, 6.45) is 0. The predicted molar refractivity (Wildman–Crippen MR) is 81.1 cm³/mol. The van der Waals surface area contributed by atoms with Gasteiger partial charge in [-0.3, -0.25) is 9.59 Å². The van der Waals surface area contributed by atoms with Gasteiger partial charge in [0.05, 0.1) is 32.5 Å². The zero-order valence-electron chi connectivity index (χ0n) is 12.8. The average molecular weight is 314 g/mol. The van der Waals surface area contributed by atoms with E-state index in [1.54, 1.807) is 6.07 Å². The Morgan fingerprint density at radius 1 is 0.783 bits per heavy atom. The molecule has 0 saturated heterocycles. The predicted octanol–water partition coefficient (Wildman–Crippen LogP) is 2.19. The van der Waals surface area contributed by atoms with Crippen LogP contribution in [0.25, 0.3) is 0 Å². The molecule has 1 aliphatic carbocycles. The maximum absolute atomic E-state index is 12.8. The van der Waals surface area contributed by atoms with Crippen LogP contribution in [-0.4, -0.2) is 38.0 Å². The monoisotopic (exact) mass is 314 g/mol. The van der Waals surface area contributed by atoms with Gasteiger partial charge in [0.2, 0.25) is 0 Å². The lowest BCUT2D eigenvalue weighted by atomic mass is 9.82. The molecule has 0 spiro atoms. The van der Waals surface area contributed by atoms with E-state index < -0.39 is 11.6 Å². The van der Waals surface area contributed by atoms with Crippen molar-refractivity contribution in [2.45, 2.75) is 0 Å². The lowest BCUT2D eigenvalue weighted by Crippen LogP contribution is -2.22. The summed E-state index contributed by atoms with van der Waals surface area (Å²) in [4.78, 5) is 25.6. The SMILES string of the molecule is COc1cc(OC)c2c(c1)C(=O)c1c(ccc(OC)c1O)C2=O. The van der Waals surface area contributed by atoms with Gasteiger partial charge in [0.1, 0.15) is 11.5 Å². The van der Waals surface area contributed by atoms with Crippen LogP contribution in [0.4, 0.5) is 0 Å². The van der Waals surface area contributed by atoms with E-state index in [1.807, 2.05) is 0 Å². The number of fused-ring (bicyclic) bond motifs is 2. The number of ether oxygens (including phenoxy) is 3. The van der Waals surface area contributed by atoms with Crippen LogP contribution in [0.5, 0.6) is 23.0 Å². The molecule has 23 heavy (non-hydrogen) atoms. The number of hydrogen-bond acceptors (Lipinski definition) is 6. The van der Waals surface area contributed by atoms with Crippen LogP contribution in [0.15, 0.2) is 24.3 Å². The number of hydrogen-bond donors (Lipinski definition) is 1. The van der Waals surface area contributed by atoms with Gasteiger partial charge < -0.3 is 19.3 Å². The van der Waals surface area contributed by atoms with Crippen molar-refractivity contribution in [3.05, 3.63) is 46.5 Å². The van der Waals surface area contributed by atoms with Crippen LogP contribution in [0.2, 0.25) is 0 Å². The molecule has 3 rings (SSSR count). The summed E-state index contributed by atoms with van der Waals surface area (Å²) in [6, 6.07) is 5.90. The Morgan fingerprint density at radius 2 is 1.43 bits per heavy atom. The van der Waals surface area contributed by atoms with Gasteiger partial charge >= 0.3 is 0 Å². The molecule has 0 unspecified atom stereocenters. The molecule has 0 aromatic heterocycles. The van der Waals surface area contributed by atoms with Crippen LogP contribution < -0.4 is 14.2 Å². The number of rotatable bonds is 3. The molecule has 0 fully saturated rings. The number of ketones is 2. The van der Waals surface area contributed by atoms with Crippen molar-refractivity contribution in [2.24, 2.45) is 0 Å². The third-order valence-electron chi connectivity index (χ3n) is 3.84. The van der Waals surface area contributed by atoms with E-state index in [2.05, 4.69) is 0 Å². The summed E-state index contributed by atoms with van der Waals surface area (Å²) in [5.41, 5.74) is 0.332. The number of carbonyl (C=O) groups is 2. The Hall–Kier alpha value is -3.02. The molecule has 1 N–H and O–H groups in total. The van der Waals surface area contributed by atoms with Crippen LogP contribution in [0.1, 0.15) is 31.8 Å². The van der Waals surface area contributed by atoms with Crippen molar-refractivity contribution in [2.75, 3.05) is 21.3 Å². The molecule has 2 aromatic carbocycles. The molecule has 6 heteroatoms. The Bertz CT molecular complexity index is 837. The number of benzene rings is 2. The summed E-state index contributed by atoms with van der Waals surface area (Å²) < 4.78 is 15.4. The third-order valence-corrected chi connectivity index (χ3v) is 3.84. The number of phenols is 1. The van der Waals surface area contributed by atoms with E-state index in [0.717, 1.165) is 0 Å². The zero-order valence-corrected chi connectivity index (χ0v) is 12.8. The summed E-state index contributed by atoms with van der Waals surface area (Å²) in [5, 5.41) is 10.2. The molecule has 0 aliphatic heterocycles. The minimum atomic E-state index is -0.483. The highest BCUT2D eigenvalue weighted by molar-refractivity contribution is 6.30. The van der Waals surface area contributed by atoms with Gasteiger partial charge in [0.25, 0.3) is 0 Å². The fourth-order valence-electron chi connectivity index (χ4n) is 2.71. The van der Waals surface area contributed by atoms with Crippen molar-refractivity contribution in [3.8, 4) is 23.0 Å². The summed E-state index contributed by atoms with van der Waals surface area (Å²) >= 11 is 0. The number of aromatic hydroxyl groups is 1. The highest BCUT2D eigenvalue weighted by Crippen LogP contribution is 2.42. The first-order valence-electron chi connectivity index (χ1n) is 6.78. The molecule has 0 atom stereocenters. The molecule has 0 amide bonds. The van der Waals surface area contributed by atoms with E-state index in [-0.39, 0.29) is 39.5 Å². The molecule has 0 bridgehead atoms. The van der Waals surface area contributed by atoms with E-state index in [4.69, 9.17) is 14.2 Å². The van der Waals surface area contributed by atoms with Crippen molar-refractivity contribution in [3.63, 3.8) is 0 Å². The van der Waals surface area contributed by atoms with Gasteiger partial charge in [0.15, 0.2) is 23.1 Å². The Morgan fingerprint density at radius 3 is 2.04 bits per heavy atom. The Kier molecular flexibility index (Phi) is 3.44. The summed E-state index contributed by atoms with van der Waals surface area (Å²) in [5.74, 6) is -0.472. The van der Waals surface area contributed by atoms with E-state index in [1.165, 1.54) is 39.5 Å². The molecule has 6 nitrogen and oxygen atoms in total. The summed E-state index contributed by atoms with van der Waals surface area (Å²) in [6.45, 7) is 0. The second-order valence-electron chi connectivity index (χ2n) is 4.95. The molecule has 1 aliphatic rings. The minimum absolute atomic E-state index is 0.0721. The molecule has 118 valence electrons. The Balaban J connectivity index is 2.33. The molecule has 0 radical (unpaired) electrons. The minimum Gasteiger partial charge on any atom is -0.504 e. The van der Waals surface area contributed by atoms with Crippen LogP contribution in [0, 0.1) is 0 Å². The van der Waals surface area contributed by atoms with Crippen LogP contribution in [-0.2, 0) is 0 Å². The lowest BCUT2D eigenvalue weighted by molar-refractivity contribution is 0.0973. The molecule has 0 saturated carbocycles. The van der Waals surface area contributed by atoms with Crippen molar-refractivity contribution in [1.82, 2.24) is 0 Å². The highest BCUT2D eigenvalue weighted by Gasteiger charge is 2.36. The van der Waals surface area contributed by atoms with E-state index in [9.17, 15) is 14.7 Å². The largest absolute Gasteiger partial charge is 0.504 e. The highest BCUT2D eigenvalue weighted by atomic mass is 16.5. The zero-order chi connectivity index (χ0) is 16.7. The number of carbonyl (C=O) groups excluding carboxylic acids is 2. The quantitative estimate of drug-likeness (QED) is 0.798. The number of methoxy groups -OCH3 is 3. The first-order chi connectivity index (χ1) is 11.0. The molecule has 0 heterocycles. The van der Waals surface area contributed by atoms with E-state index in [0.29, 0.717) is 5.75 Å². The van der Waals surface area contributed by atoms with Gasteiger partial charge in [-0.2, -0.15) is 0 Å². The van der Waals surface area contributed by atoms with Crippen LogP contribution in [0.3, 0.4) is 0 Å². The third kappa shape index (κ3) is 2.03. The van der Waals surface area contributed by atoms with Gasteiger partial charge in [-0.25, -0.2) is 0 Å². The smallest absolute Gasteiger partial charge is 0.198 e. The van der Waals surface area contributed by atoms with Gasteiger partial charge in [-0.1, -0.05) is 0 Å². The lowest BCUT2D eigenvalue weighted by Gasteiger charge is -2.21. The van der Waals surface area contributed by atoms with Gasteiger partial charge in [-0.05, 0) is 18.2 Å². The molecule has 2 aromatic rings. The number of phenolic OH excluding ortho intramolecular Hbond substituents is 1. The van der Waals surface area contributed by atoms with E-state index >= 15 is 0 Å². The van der Waals surface area contributed by atoms with Crippen molar-refractivity contribution in [1.29, 1.82) is 0 Å².